The minimum Gasteiger partial charge on any atom is -0.488 e. The number of hydrogen-bond acceptors (Lipinski definition) is 3. The minimum absolute atomic E-state index is 0. The van der Waals surface area contributed by atoms with Gasteiger partial charge in [0.25, 0.3) is 0 Å². The maximum Gasteiger partial charge on any atom is 0.389 e. The molecule has 0 saturated carbocycles. The Morgan fingerprint density at radius 3 is 2.20 bits per heavy atom. The largest absolute Gasteiger partial charge is 0.488 e. The highest BCUT2D eigenvalue weighted by atomic mass is 35.5. The Hall–Kier alpha value is -1.76. The van der Waals surface area contributed by atoms with E-state index in [2.05, 4.69) is 10.2 Å². The van der Waals surface area contributed by atoms with Crippen LogP contribution in [0.5, 0.6) is 5.75 Å². The fourth-order valence-corrected chi connectivity index (χ4v) is 3.99. The van der Waals surface area contributed by atoms with E-state index in [0.29, 0.717) is 6.61 Å². The SMILES string of the molecule is Cc1cc([C@H](CCC(F)(F)F)N2CCNCC2)cc(C)c1OCc1ccccc1.Cl. The lowest BCUT2D eigenvalue weighted by Gasteiger charge is -2.36. The zero-order chi connectivity index (χ0) is 20.9. The first-order valence-electron chi connectivity index (χ1n) is 10.1. The number of piperazine rings is 1. The predicted octanol–water partition coefficient (Wildman–Crippen LogP) is 5.59. The lowest BCUT2D eigenvalue weighted by molar-refractivity contribution is -0.138. The van der Waals surface area contributed by atoms with Crippen molar-refractivity contribution in [1.29, 1.82) is 0 Å². The van der Waals surface area contributed by atoms with Crippen molar-refractivity contribution in [2.24, 2.45) is 0 Å². The van der Waals surface area contributed by atoms with Gasteiger partial charge in [-0.25, -0.2) is 0 Å². The van der Waals surface area contributed by atoms with Crippen LogP contribution in [-0.4, -0.2) is 37.3 Å². The third kappa shape index (κ3) is 6.89. The second kappa shape index (κ2) is 11.0. The molecule has 1 saturated heterocycles. The van der Waals surface area contributed by atoms with E-state index >= 15 is 0 Å². The third-order valence-electron chi connectivity index (χ3n) is 5.39. The number of alkyl halides is 3. The van der Waals surface area contributed by atoms with Gasteiger partial charge in [0.1, 0.15) is 12.4 Å². The van der Waals surface area contributed by atoms with E-state index in [0.717, 1.165) is 54.2 Å². The molecule has 0 radical (unpaired) electrons. The molecule has 1 heterocycles. The predicted molar refractivity (Wildman–Crippen MR) is 116 cm³/mol. The quantitative estimate of drug-likeness (QED) is 0.604. The maximum atomic E-state index is 12.9. The van der Waals surface area contributed by atoms with Crippen molar-refractivity contribution in [3.8, 4) is 5.75 Å². The van der Waals surface area contributed by atoms with E-state index in [1.165, 1.54) is 0 Å². The summed E-state index contributed by atoms with van der Waals surface area (Å²) in [5, 5.41) is 3.27. The molecule has 1 aliphatic heterocycles. The first-order chi connectivity index (χ1) is 13.8. The average Bonchev–Trinajstić information content (AvgIpc) is 2.68. The summed E-state index contributed by atoms with van der Waals surface area (Å²) >= 11 is 0. The summed E-state index contributed by atoms with van der Waals surface area (Å²) < 4.78 is 44.8. The number of benzene rings is 2. The highest BCUT2D eigenvalue weighted by Crippen LogP contribution is 2.35. The Labute approximate surface area is 183 Å². The van der Waals surface area contributed by atoms with Crippen LogP contribution in [0.2, 0.25) is 0 Å². The van der Waals surface area contributed by atoms with Crippen LogP contribution in [0, 0.1) is 13.8 Å². The van der Waals surface area contributed by atoms with Gasteiger partial charge >= 0.3 is 6.18 Å². The van der Waals surface area contributed by atoms with Crippen LogP contribution in [0.25, 0.3) is 0 Å². The summed E-state index contributed by atoms with van der Waals surface area (Å²) in [4.78, 5) is 2.17. The first-order valence-corrected chi connectivity index (χ1v) is 10.1. The molecule has 30 heavy (non-hydrogen) atoms. The summed E-state index contributed by atoms with van der Waals surface area (Å²) in [6.07, 6.45) is -4.84. The van der Waals surface area contributed by atoms with Crippen molar-refractivity contribution in [3.63, 3.8) is 0 Å². The molecule has 0 bridgehead atoms. The van der Waals surface area contributed by atoms with E-state index in [4.69, 9.17) is 4.74 Å². The van der Waals surface area contributed by atoms with Crippen molar-refractivity contribution in [1.82, 2.24) is 10.2 Å². The summed E-state index contributed by atoms with van der Waals surface area (Å²) in [6.45, 7) is 7.53. The number of hydrogen-bond donors (Lipinski definition) is 1. The molecule has 2 aromatic carbocycles. The standard InChI is InChI=1S/C23H29F3N2O.ClH/c1-17-14-20(15-18(2)22(17)29-16-19-6-4-3-5-7-19)21(8-9-23(24,25)26)28-12-10-27-11-13-28;/h3-7,14-15,21,27H,8-13,16H2,1-2H3;1H/t21-;/m0./s1. The topological polar surface area (TPSA) is 24.5 Å². The molecule has 166 valence electrons. The lowest BCUT2D eigenvalue weighted by atomic mass is 9.95. The molecule has 1 fully saturated rings. The number of nitrogens with zero attached hydrogens (tertiary/aromatic N) is 1. The number of rotatable bonds is 7. The highest BCUT2D eigenvalue weighted by Gasteiger charge is 2.31. The first kappa shape index (κ1) is 24.5. The zero-order valence-electron chi connectivity index (χ0n) is 17.5. The van der Waals surface area contributed by atoms with Crippen molar-refractivity contribution in [2.75, 3.05) is 26.2 Å². The Kier molecular flexibility index (Phi) is 9.01. The molecule has 3 nitrogen and oxygen atoms in total. The fourth-order valence-electron chi connectivity index (χ4n) is 3.99. The van der Waals surface area contributed by atoms with Crippen LogP contribution in [-0.2, 0) is 6.61 Å². The van der Waals surface area contributed by atoms with Gasteiger partial charge in [-0.05, 0) is 42.5 Å². The van der Waals surface area contributed by atoms with Crippen molar-refractivity contribution < 1.29 is 17.9 Å². The number of nitrogens with one attached hydrogen (secondary N) is 1. The van der Waals surface area contributed by atoms with E-state index in [-0.39, 0.29) is 24.9 Å². The van der Waals surface area contributed by atoms with E-state index < -0.39 is 12.6 Å². The second-order valence-corrected chi connectivity index (χ2v) is 7.71. The Morgan fingerprint density at radius 1 is 1.03 bits per heavy atom. The van der Waals surface area contributed by atoms with Gasteiger partial charge in [-0.2, -0.15) is 13.2 Å². The molecule has 7 heteroatoms. The van der Waals surface area contributed by atoms with Gasteiger partial charge in [-0.15, -0.1) is 12.4 Å². The summed E-state index contributed by atoms with van der Waals surface area (Å²) in [6, 6.07) is 13.7. The fraction of sp³-hybridized carbons (Fsp3) is 0.478. The smallest absolute Gasteiger partial charge is 0.389 e. The Balaban J connectivity index is 0.00000320. The van der Waals surface area contributed by atoms with Gasteiger partial charge in [-0.1, -0.05) is 42.5 Å². The number of aryl methyl sites for hydroxylation is 2. The number of ether oxygens (including phenoxy) is 1. The van der Waals surface area contributed by atoms with Gasteiger partial charge in [0.05, 0.1) is 0 Å². The highest BCUT2D eigenvalue weighted by molar-refractivity contribution is 5.85. The van der Waals surface area contributed by atoms with Crippen molar-refractivity contribution in [2.45, 2.75) is 45.5 Å². The molecule has 2 aromatic rings. The summed E-state index contributed by atoms with van der Waals surface area (Å²) in [5.41, 5.74) is 3.95. The molecule has 0 aliphatic carbocycles. The molecule has 1 aliphatic rings. The average molecular weight is 443 g/mol. The summed E-state index contributed by atoms with van der Waals surface area (Å²) in [7, 11) is 0. The molecule has 3 rings (SSSR count). The molecular formula is C23H30ClF3N2O. The van der Waals surface area contributed by atoms with E-state index in [9.17, 15) is 13.2 Å². The third-order valence-corrected chi connectivity index (χ3v) is 5.39. The molecule has 1 atom stereocenters. The maximum absolute atomic E-state index is 12.9. The van der Waals surface area contributed by atoms with Crippen LogP contribution < -0.4 is 10.1 Å². The lowest BCUT2D eigenvalue weighted by Crippen LogP contribution is -2.45. The Bertz CT molecular complexity index is 770. The number of halogens is 4. The van der Waals surface area contributed by atoms with Crippen LogP contribution in [0.4, 0.5) is 13.2 Å². The monoisotopic (exact) mass is 442 g/mol. The van der Waals surface area contributed by atoms with Gasteiger partial charge in [0.2, 0.25) is 0 Å². The van der Waals surface area contributed by atoms with E-state index in [1.54, 1.807) is 0 Å². The van der Waals surface area contributed by atoms with Crippen LogP contribution in [0.15, 0.2) is 42.5 Å². The molecule has 0 unspecified atom stereocenters. The van der Waals surface area contributed by atoms with Gasteiger partial charge in [0, 0.05) is 38.6 Å². The molecule has 0 spiro atoms. The second-order valence-electron chi connectivity index (χ2n) is 7.71. The van der Waals surface area contributed by atoms with Gasteiger partial charge in [-0.3, -0.25) is 4.90 Å². The minimum atomic E-state index is -4.14. The van der Waals surface area contributed by atoms with Gasteiger partial charge < -0.3 is 10.1 Å². The zero-order valence-corrected chi connectivity index (χ0v) is 18.3. The molecule has 0 amide bonds. The molecular weight excluding hydrogens is 413 g/mol. The Morgan fingerprint density at radius 2 is 1.63 bits per heavy atom. The van der Waals surface area contributed by atoms with Crippen molar-refractivity contribution in [3.05, 3.63) is 64.7 Å². The summed E-state index contributed by atoms with van der Waals surface area (Å²) in [5.74, 6) is 0.812. The normalized spacial score (nSPS) is 16.0. The van der Waals surface area contributed by atoms with Gasteiger partial charge in [0.15, 0.2) is 0 Å². The van der Waals surface area contributed by atoms with Crippen molar-refractivity contribution >= 4 is 12.4 Å². The van der Waals surface area contributed by atoms with E-state index in [1.807, 2.05) is 56.3 Å². The molecule has 1 N–H and O–H groups in total. The van der Waals surface area contributed by atoms with Crippen LogP contribution >= 0.6 is 12.4 Å². The molecule has 0 aromatic heterocycles. The van der Waals surface area contributed by atoms with Crippen LogP contribution in [0.1, 0.15) is 41.1 Å². The van der Waals surface area contributed by atoms with Crippen LogP contribution in [0.3, 0.4) is 0 Å².